The zero-order valence-corrected chi connectivity index (χ0v) is 20.8. The number of rotatable bonds is 8. The number of nitrogens with zero attached hydrogens (tertiary/aromatic N) is 5. The molecule has 0 saturated carbocycles. The van der Waals surface area contributed by atoms with Crippen molar-refractivity contribution in [1.29, 1.82) is 0 Å². The van der Waals surface area contributed by atoms with Crippen LogP contribution in [0.3, 0.4) is 0 Å². The summed E-state index contributed by atoms with van der Waals surface area (Å²) in [6.45, 7) is 2.40. The molecule has 0 radical (unpaired) electrons. The highest BCUT2D eigenvalue weighted by molar-refractivity contribution is 5.85. The zero-order valence-electron chi connectivity index (χ0n) is 20.0. The number of benzene rings is 3. The third kappa shape index (κ3) is 5.31. The molecule has 8 heteroatoms. The topological polar surface area (TPSA) is 65.3 Å². The molecular weight excluding hydrogens is 462 g/mol. The Morgan fingerprint density at radius 3 is 2.46 bits per heavy atom. The summed E-state index contributed by atoms with van der Waals surface area (Å²) in [5, 5.41) is 13.0. The molecule has 35 heavy (non-hydrogen) atoms. The molecule has 4 aromatic rings. The Kier molecular flexibility index (Phi) is 8.00. The van der Waals surface area contributed by atoms with E-state index in [-0.39, 0.29) is 18.4 Å². The van der Waals surface area contributed by atoms with Crippen molar-refractivity contribution in [1.82, 2.24) is 25.1 Å². The van der Waals surface area contributed by atoms with E-state index in [4.69, 9.17) is 9.47 Å². The first kappa shape index (κ1) is 24.7. The Bertz CT molecular complexity index is 1250. The molecule has 1 aliphatic rings. The maximum Gasteiger partial charge on any atom is 0.173 e. The van der Waals surface area contributed by atoms with Crippen molar-refractivity contribution in [3.63, 3.8) is 0 Å². The fraction of sp³-hybridized carbons (Fsp3) is 0.296. The average Bonchev–Trinajstić information content (AvgIpc) is 3.36. The van der Waals surface area contributed by atoms with Crippen molar-refractivity contribution in [3.8, 4) is 11.5 Å². The first-order chi connectivity index (χ1) is 16.8. The van der Waals surface area contributed by atoms with Crippen LogP contribution in [0.4, 0.5) is 0 Å². The lowest BCUT2D eigenvalue weighted by atomic mass is 9.95. The predicted octanol–water partition coefficient (Wildman–Crippen LogP) is 4.50. The van der Waals surface area contributed by atoms with E-state index in [1.165, 1.54) is 16.7 Å². The zero-order chi connectivity index (χ0) is 23.3. The van der Waals surface area contributed by atoms with Crippen LogP contribution in [0, 0.1) is 0 Å². The SMILES string of the molecule is COc1ccc(OC)c(C(c2nnnn2CCc2ccccc2)N2CCc3ccccc3C2)c1.Cl. The summed E-state index contributed by atoms with van der Waals surface area (Å²) in [6.07, 6.45) is 1.83. The van der Waals surface area contributed by atoms with Crippen LogP contribution >= 0.6 is 12.4 Å². The van der Waals surface area contributed by atoms with E-state index in [0.717, 1.165) is 48.8 Å². The van der Waals surface area contributed by atoms with Crippen molar-refractivity contribution in [2.45, 2.75) is 32.0 Å². The lowest BCUT2D eigenvalue weighted by Crippen LogP contribution is -2.36. The summed E-state index contributed by atoms with van der Waals surface area (Å²) in [6, 6.07) is 24.8. The molecule has 1 atom stereocenters. The highest BCUT2D eigenvalue weighted by Gasteiger charge is 2.32. The molecule has 1 aromatic heterocycles. The molecule has 0 fully saturated rings. The highest BCUT2D eigenvalue weighted by Crippen LogP contribution is 2.38. The quantitative estimate of drug-likeness (QED) is 0.361. The van der Waals surface area contributed by atoms with Gasteiger partial charge in [0, 0.05) is 25.2 Å². The maximum absolute atomic E-state index is 5.79. The number of hydrogen-bond acceptors (Lipinski definition) is 6. The first-order valence-corrected chi connectivity index (χ1v) is 11.6. The summed E-state index contributed by atoms with van der Waals surface area (Å²) in [5.41, 5.74) is 4.99. The predicted molar refractivity (Wildman–Crippen MR) is 137 cm³/mol. The number of aromatic nitrogens is 4. The van der Waals surface area contributed by atoms with E-state index < -0.39 is 0 Å². The fourth-order valence-electron chi connectivity index (χ4n) is 4.74. The number of aryl methyl sites for hydroxylation is 2. The molecule has 1 aliphatic heterocycles. The largest absolute Gasteiger partial charge is 0.497 e. The fourth-order valence-corrected chi connectivity index (χ4v) is 4.74. The second-order valence-corrected chi connectivity index (χ2v) is 8.50. The van der Waals surface area contributed by atoms with E-state index in [9.17, 15) is 0 Å². The molecule has 3 aromatic carbocycles. The minimum absolute atomic E-state index is 0. The Morgan fingerprint density at radius 1 is 0.914 bits per heavy atom. The standard InChI is InChI=1S/C27H29N5O2.ClH/c1-33-23-12-13-25(34-2)24(18-23)26(31-16-15-21-10-6-7-11-22(21)19-31)27-28-29-30-32(27)17-14-20-8-4-3-5-9-20;/h3-13,18,26H,14-17,19H2,1-2H3;1H. The minimum Gasteiger partial charge on any atom is -0.497 e. The van der Waals surface area contributed by atoms with Gasteiger partial charge in [0.1, 0.15) is 17.5 Å². The van der Waals surface area contributed by atoms with Crippen LogP contribution in [0.25, 0.3) is 0 Å². The van der Waals surface area contributed by atoms with Crippen molar-refractivity contribution in [3.05, 3.63) is 101 Å². The van der Waals surface area contributed by atoms with Crippen molar-refractivity contribution in [2.75, 3.05) is 20.8 Å². The van der Waals surface area contributed by atoms with Gasteiger partial charge in [0.15, 0.2) is 5.82 Å². The van der Waals surface area contributed by atoms with Gasteiger partial charge in [-0.1, -0.05) is 54.6 Å². The van der Waals surface area contributed by atoms with E-state index in [1.54, 1.807) is 14.2 Å². The number of fused-ring (bicyclic) bond motifs is 1. The molecule has 0 aliphatic carbocycles. The van der Waals surface area contributed by atoms with Crippen molar-refractivity contribution in [2.24, 2.45) is 0 Å². The summed E-state index contributed by atoms with van der Waals surface area (Å²) in [7, 11) is 3.38. The van der Waals surface area contributed by atoms with E-state index in [0.29, 0.717) is 6.54 Å². The van der Waals surface area contributed by atoms with Crippen LogP contribution in [-0.4, -0.2) is 45.9 Å². The monoisotopic (exact) mass is 491 g/mol. The lowest BCUT2D eigenvalue weighted by Gasteiger charge is -2.35. The molecule has 0 N–H and O–H groups in total. The van der Waals surface area contributed by atoms with Gasteiger partial charge < -0.3 is 9.47 Å². The van der Waals surface area contributed by atoms with Crippen LogP contribution in [0.2, 0.25) is 0 Å². The summed E-state index contributed by atoms with van der Waals surface area (Å²) in [4.78, 5) is 2.43. The summed E-state index contributed by atoms with van der Waals surface area (Å²) in [5.74, 6) is 2.38. The molecule has 0 amide bonds. The van der Waals surface area contributed by atoms with Gasteiger partial charge in [0.25, 0.3) is 0 Å². The second kappa shape index (κ2) is 11.3. The maximum atomic E-state index is 5.79. The van der Waals surface area contributed by atoms with Crippen LogP contribution in [0.15, 0.2) is 72.8 Å². The lowest BCUT2D eigenvalue weighted by molar-refractivity contribution is 0.191. The van der Waals surface area contributed by atoms with E-state index >= 15 is 0 Å². The van der Waals surface area contributed by atoms with Gasteiger partial charge in [0.2, 0.25) is 0 Å². The smallest absolute Gasteiger partial charge is 0.173 e. The minimum atomic E-state index is -0.177. The van der Waals surface area contributed by atoms with Crippen LogP contribution in [0.5, 0.6) is 11.5 Å². The summed E-state index contributed by atoms with van der Waals surface area (Å²) < 4.78 is 13.3. The summed E-state index contributed by atoms with van der Waals surface area (Å²) >= 11 is 0. The van der Waals surface area contributed by atoms with Gasteiger partial charge in [-0.15, -0.1) is 17.5 Å². The third-order valence-corrected chi connectivity index (χ3v) is 6.52. The number of ether oxygens (including phenoxy) is 2. The third-order valence-electron chi connectivity index (χ3n) is 6.52. The molecule has 0 spiro atoms. The number of halogens is 1. The average molecular weight is 492 g/mol. The van der Waals surface area contributed by atoms with Crippen LogP contribution in [-0.2, 0) is 25.9 Å². The van der Waals surface area contributed by atoms with Gasteiger partial charge in [-0.3, -0.25) is 4.90 Å². The van der Waals surface area contributed by atoms with Gasteiger partial charge >= 0.3 is 0 Å². The molecule has 5 rings (SSSR count). The highest BCUT2D eigenvalue weighted by atomic mass is 35.5. The molecule has 182 valence electrons. The Balaban J connectivity index is 0.00000289. The number of hydrogen-bond donors (Lipinski definition) is 0. The molecule has 0 bridgehead atoms. The Hall–Kier alpha value is -3.42. The second-order valence-electron chi connectivity index (χ2n) is 8.50. The van der Waals surface area contributed by atoms with E-state index in [1.807, 2.05) is 28.9 Å². The van der Waals surface area contributed by atoms with Gasteiger partial charge in [0.05, 0.1) is 14.2 Å². The first-order valence-electron chi connectivity index (χ1n) is 11.6. The number of tetrazole rings is 1. The van der Waals surface area contributed by atoms with Gasteiger partial charge in [-0.2, -0.15) is 0 Å². The Labute approximate surface area is 212 Å². The molecule has 2 heterocycles. The normalized spacial score (nSPS) is 14.0. The van der Waals surface area contributed by atoms with Crippen molar-refractivity contribution < 1.29 is 9.47 Å². The Morgan fingerprint density at radius 2 is 1.69 bits per heavy atom. The molecule has 0 saturated heterocycles. The van der Waals surface area contributed by atoms with Crippen molar-refractivity contribution >= 4 is 12.4 Å². The number of methoxy groups -OCH3 is 2. The molecule has 7 nitrogen and oxygen atoms in total. The molecule has 1 unspecified atom stereocenters. The van der Waals surface area contributed by atoms with E-state index in [2.05, 4.69) is 69.0 Å². The van der Waals surface area contributed by atoms with Crippen LogP contribution in [0.1, 0.15) is 34.1 Å². The van der Waals surface area contributed by atoms with Crippen LogP contribution < -0.4 is 9.47 Å². The van der Waals surface area contributed by atoms with Gasteiger partial charge in [-0.25, -0.2) is 4.68 Å². The molecular formula is C27H30ClN5O2. The van der Waals surface area contributed by atoms with Gasteiger partial charge in [-0.05, 0) is 58.2 Å².